The van der Waals surface area contributed by atoms with Crippen LogP contribution in [0.2, 0.25) is 0 Å². The summed E-state index contributed by atoms with van der Waals surface area (Å²) < 4.78 is 7.59. The van der Waals surface area contributed by atoms with Crippen molar-refractivity contribution in [2.45, 2.75) is 12.5 Å². The summed E-state index contributed by atoms with van der Waals surface area (Å²) in [7, 11) is 0. The van der Waals surface area contributed by atoms with Crippen LogP contribution in [0.25, 0.3) is 11.3 Å². The predicted octanol–water partition coefficient (Wildman–Crippen LogP) is 3.75. The third-order valence-electron chi connectivity index (χ3n) is 4.55. The lowest BCUT2D eigenvalue weighted by Gasteiger charge is -2.10. The summed E-state index contributed by atoms with van der Waals surface area (Å²) in [5.41, 5.74) is 8.07. The lowest BCUT2D eigenvalue weighted by atomic mass is 10.1. The van der Waals surface area contributed by atoms with Crippen molar-refractivity contribution in [3.63, 3.8) is 0 Å². The maximum atomic E-state index is 9.54. The molecule has 1 aromatic heterocycles. The summed E-state index contributed by atoms with van der Waals surface area (Å²) in [4.78, 5) is 0. The van der Waals surface area contributed by atoms with Crippen LogP contribution in [0.3, 0.4) is 0 Å². The molecule has 7 heteroatoms. The van der Waals surface area contributed by atoms with Gasteiger partial charge in [0, 0.05) is 12.1 Å². The van der Waals surface area contributed by atoms with Crippen molar-refractivity contribution in [1.29, 1.82) is 5.26 Å². The molecule has 0 aliphatic carbocycles. The molecule has 3 N–H and O–H groups in total. The summed E-state index contributed by atoms with van der Waals surface area (Å²) in [6.45, 7) is 1.76. The van der Waals surface area contributed by atoms with Gasteiger partial charge in [0.2, 0.25) is 0 Å². The quantitative estimate of drug-likeness (QED) is 0.718. The predicted molar refractivity (Wildman–Crippen MR) is 107 cm³/mol. The Bertz CT molecular complexity index is 941. The number of nitrogen functional groups attached to an aromatic ring is 1. The van der Waals surface area contributed by atoms with Gasteiger partial charge in [0.1, 0.15) is 34.6 Å². The molecule has 2 heterocycles. The fourth-order valence-electron chi connectivity index (χ4n) is 3.19. The van der Waals surface area contributed by atoms with E-state index in [2.05, 4.69) is 16.5 Å². The van der Waals surface area contributed by atoms with Crippen LogP contribution in [-0.2, 0) is 0 Å². The number of ether oxygens (including phenoxy) is 1. The normalized spacial score (nSPS) is 15.7. The van der Waals surface area contributed by atoms with Crippen molar-refractivity contribution in [3.05, 3.63) is 60.2 Å². The van der Waals surface area contributed by atoms with Crippen LogP contribution in [-0.4, -0.2) is 22.9 Å². The maximum Gasteiger partial charge on any atom is 0.140 e. The molecule has 27 heavy (non-hydrogen) atoms. The zero-order valence-corrected chi connectivity index (χ0v) is 15.4. The van der Waals surface area contributed by atoms with Gasteiger partial charge in [-0.25, -0.2) is 4.68 Å². The molecule has 4 rings (SSSR count). The number of hydrogen-bond donors (Lipinski definition) is 2. The summed E-state index contributed by atoms with van der Waals surface area (Å²) in [6, 6.07) is 19.5. The Morgan fingerprint density at radius 2 is 1.81 bits per heavy atom. The van der Waals surface area contributed by atoms with Crippen LogP contribution < -0.4 is 15.8 Å². The minimum atomic E-state index is 0. The summed E-state index contributed by atoms with van der Waals surface area (Å²) >= 11 is 0. The van der Waals surface area contributed by atoms with E-state index in [1.807, 2.05) is 54.6 Å². The molecule has 0 unspecified atom stereocenters. The second kappa shape index (κ2) is 8.12. The second-order valence-corrected chi connectivity index (χ2v) is 6.25. The highest BCUT2D eigenvalue weighted by molar-refractivity contribution is 5.85. The zero-order valence-electron chi connectivity index (χ0n) is 14.6. The number of anilines is 1. The number of nitrogens with zero attached hydrogens (tertiary/aromatic N) is 3. The van der Waals surface area contributed by atoms with Gasteiger partial charge in [0.05, 0.1) is 6.04 Å². The number of aromatic nitrogens is 2. The van der Waals surface area contributed by atoms with Gasteiger partial charge in [-0.3, -0.25) is 0 Å². The van der Waals surface area contributed by atoms with E-state index in [0.717, 1.165) is 36.6 Å². The molecule has 1 aliphatic heterocycles. The second-order valence-electron chi connectivity index (χ2n) is 6.25. The smallest absolute Gasteiger partial charge is 0.140 e. The molecular formula is C20H20ClN5O. The minimum absolute atomic E-state index is 0. The van der Waals surface area contributed by atoms with Crippen LogP contribution in [0.4, 0.5) is 5.82 Å². The van der Waals surface area contributed by atoms with Gasteiger partial charge in [-0.2, -0.15) is 10.4 Å². The Morgan fingerprint density at radius 3 is 2.44 bits per heavy atom. The SMILES string of the molecule is Cl.N#Cc1c(-c2ccc(Oc3ccccc3)cc2)nn([C@@H]2CCNC2)c1N. The van der Waals surface area contributed by atoms with Crippen molar-refractivity contribution in [3.8, 4) is 28.8 Å². The minimum Gasteiger partial charge on any atom is -0.457 e. The molecule has 0 radical (unpaired) electrons. The van der Waals surface area contributed by atoms with Gasteiger partial charge in [-0.15, -0.1) is 12.4 Å². The molecule has 0 saturated carbocycles. The van der Waals surface area contributed by atoms with Gasteiger partial charge in [0.25, 0.3) is 0 Å². The third-order valence-corrected chi connectivity index (χ3v) is 4.55. The van der Waals surface area contributed by atoms with Crippen LogP contribution in [0.15, 0.2) is 54.6 Å². The molecule has 1 fully saturated rings. The molecular weight excluding hydrogens is 362 g/mol. The highest BCUT2D eigenvalue weighted by Gasteiger charge is 2.24. The van der Waals surface area contributed by atoms with Crippen LogP contribution in [0, 0.1) is 11.3 Å². The van der Waals surface area contributed by atoms with Gasteiger partial charge in [-0.1, -0.05) is 18.2 Å². The van der Waals surface area contributed by atoms with Crippen LogP contribution in [0.5, 0.6) is 11.5 Å². The first kappa shape index (κ1) is 18.8. The summed E-state index contributed by atoms with van der Waals surface area (Å²) in [5.74, 6) is 1.94. The van der Waals surface area contributed by atoms with Crippen molar-refractivity contribution >= 4 is 18.2 Å². The molecule has 6 nitrogen and oxygen atoms in total. The Balaban J connectivity index is 0.00000210. The number of benzene rings is 2. The lowest BCUT2D eigenvalue weighted by molar-refractivity contribution is 0.482. The molecule has 1 aliphatic rings. The largest absolute Gasteiger partial charge is 0.457 e. The molecule has 0 amide bonds. The number of nitriles is 1. The Labute approximate surface area is 164 Å². The van der Waals surface area contributed by atoms with Gasteiger partial charge < -0.3 is 15.8 Å². The van der Waals surface area contributed by atoms with E-state index in [1.54, 1.807) is 4.68 Å². The lowest BCUT2D eigenvalue weighted by Crippen LogP contribution is -2.16. The maximum absolute atomic E-state index is 9.54. The van der Waals surface area contributed by atoms with E-state index in [9.17, 15) is 5.26 Å². The molecule has 2 aromatic carbocycles. The molecule has 3 aromatic rings. The number of halogens is 1. The first-order chi connectivity index (χ1) is 12.8. The number of hydrogen-bond acceptors (Lipinski definition) is 5. The first-order valence-electron chi connectivity index (χ1n) is 8.58. The van der Waals surface area contributed by atoms with Crippen LogP contribution in [0.1, 0.15) is 18.0 Å². The van der Waals surface area contributed by atoms with Crippen molar-refractivity contribution in [2.75, 3.05) is 18.8 Å². The number of nitrogens with one attached hydrogen (secondary N) is 1. The van der Waals surface area contributed by atoms with E-state index < -0.39 is 0 Å². The first-order valence-corrected chi connectivity index (χ1v) is 8.58. The summed E-state index contributed by atoms with van der Waals surface area (Å²) in [6.07, 6.45) is 0.958. The van der Waals surface area contributed by atoms with Crippen molar-refractivity contribution < 1.29 is 4.74 Å². The molecule has 138 valence electrons. The monoisotopic (exact) mass is 381 g/mol. The van der Waals surface area contributed by atoms with Gasteiger partial charge in [0.15, 0.2) is 0 Å². The Morgan fingerprint density at radius 1 is 1.11 bits per heavy atom. The average molecular weight is 382 g/mol. The highest BCUT2D eigenvalue weighted by Crippen LogP contribution is 2.31. The van der Waals surface area contributed by atoms with E-state index >= 15 is 0 Å². The summed E-state index contributed by atoms with van der Waals surface area (Å²) in [5, 5.41) is 17.5. The standard InChI is InChI=1S/C20H19N5O.ClH/c21-12-18-19(24-25(20(18)22)15-10-11-23-13-15)14-6-8-17(9-7-14)26-16-4-2-1-3-5-16;/h1-9,15,23H,10-11,13,22H2;1H/t15-;/m1./s1. The number of nitrogens with two attached hydrogens (primary N) is 1. The molecule has 0 bridgehead atoms. The Hall–Kier alpha value is -3.01. The van der Waals surface area contributed by atoms with E-state index in [0.29, 0.717) is 17.1 Å². The number of para-hydroxylation sites is 1. The highest BCUT2D eigenvalue weighted by atomic mass is 35.5. The fraction of sp³-hybridized carbons (Fsp3) is 0.200. The molecule has 1 atom stereocenters. The third kappa shape index (κ3) is 3.75. The zero-order chi connectivity index (χ0) is 17.9. The van der Waals surface area contributed by atoms with Crippen molar-refractivity contribution in [2.24, 2.45) is 0 Å². The van der Waals surface area contributed by atoms with E-state index in [4.69, 9.17) is 10.5 Å². The van der Waals surface area contributed by atoms with Crippen LogP contribution >= 0.6 is 12.4 Å². The van der Waals surface area contributed by atoms with E-state index in [-0.39, 0.29) is 18.4 Å². The fourth-order valence-corrected chi connectivity index (χ4v) is 3.19. The van der Waals surface area contributed by atoms with E-state index in [1.165, 1.54) is 0 Å². The van der Waals surface area contributed by atoms with Gasteiger partial charge >= 0.3 is 0 Å². The average Bonchev–Trinajstić information content (AvgIpc) is 3.31. The number of rotatable bonds is 4. The van der Waals surface area contributed by atoms with Crippen molar-refractivity contribution in [1.82, 2.24) is 15.1 Å². The molecule has 1 saturated heterocycles. The Kier molecular flexibility index (Phi) is 5.65. The van der Waals surface area contributed by atoms with Gasteiger partial charge in [-0.05, 0) is 49.4 Å². The topological polar surface area (TPSA) is 88.9 Å². The molecule has 0 spiro atoms.